The van der Waals surface area contributed by atoms with Gasteiger partial charge in [-0.2, -0.15) is 0 Å². The summed E-state index contributed by atoms with van der Waals surface area (Å²) in [5.74, 6) is -2.05. The Bertz CT molecular complexity index is 443. The maximum absolute atomic E-state index is 11.8. The van der Waals surface area contributed by atoms with Gasteiger partial charge in [0.2, 0.25) is 5.54 Å². The summed E-state index contributed by atoms with van der Waals surface area (Å²) < 4.78 is 0. The van der Waals surface area contributed by atoms with E-state index in [0.29, 0.717) is 5.69 Å². The number of carboxylic acid groups (broad SMARTS) is 1. The molecule has 0 spiro atoms. The summed E-state index contributed by atoms with van der Waals surface area (Å²) in [6.07, 6.45) is 0.156. The van der Waals surface area contributed by atoms with Crippen molar-refractivity contribution in [2.24, 2.45) is 11.7 Å². The number of carbonyl (C=O) groups is 2. The van der Waals surface area contributed by atoms with E-state index in [2.05, 4.69) is 0 Å². The van der Waals surface area contributed by atoms with Crippen LogP contribution in [0.4, 0.5) is 5.69 Å². The molecule has 0 saturated carbocycles. The second-order valence-corrected chi connectivity index (χ2v) is 5.02. The first-order valence-corrected chi connectivity index (χ1v) is 6.14. The molecule has 0 aromatic heterocycles. The predicted molar refractivity (Wildman–Crippen MR) is 73.9 cm³/mol. The Kier molecular flexibility index (Phi) is 4.53. The van der Waals surface area contributed by atoms with E-state index in [1.54, 1.807) is 31.3 Å². The number of hydrogen-bond donors (Lipinski definition) is 2. The maximum Gasteiger partial charge on any atom is 0.339 e. The van der Waals surface area contributed by atoms with Crippen LogP contribution in [-0.4, -0.2) is 29.6 Å². The first-order chi connectivity index (χ1) is 8.82. The quantitative estimate of drug-likeness (QED) is 0.762. The van der Waals surface area contributed by atoms with E-state index < -0.39 is 17.4 Å². The van der Waals surface area contributed by atoms with Crippen molar-refractivity contribution in [3.63, 3.8) is 0 Å². The molecular weight excluding hydrogens is 244 g/mol. The lowest BCUT2D eigenvalue weighted by Crippen LogP contribution is -2.62. The molecule has 1 unspecified atom stereocenters. The number of likely N-dealkylation sites (N-methyl/N-ethyl adjacent to an activating group) is 1. The van der Waals surface area contributed by atoms with Crippen molar-refractivity contribution < 1.29 is 14.7 Å². The number of primary amides is 1. The highest BCUT2D eigenvalue weighted by atomic mass is 16.4. The Balaban J connectivity index is 3.30. The van der Waals surface area contributed by atoms with Gasteiger partial charge in [-0.15, -0.1) is 0 Å². The Labute approximate surface area is 113 Å². The van der Waals surface area contributed by atoms with Crippen molar-refractivity contribution in [2.45, 2.75) is 25.8 Å². The normalized spacial score (nSPS) is 13.9. The number of anilines is 1. The second-order valence-electron chi connectivity index (χ2n) is 5.02. The third kappa shape index (κ3) is 2.86. The summed E-state index contributed by atoms with van der Waals surface area (Å²) >= 11 is 0. The molecule has 5 heteroatoms. The molecule has 19 heavy (non-hydrogen) atoms. The van der Waals surface area contributed by atoms with Crippen LogP contribution in [0.5, 0.6) is 0 Å². The summed E-state index contributed by atoms with van der Waals surface area (Å²) in [7, 11) is 1.58. The third-order valence-electron chi connectivity index (χ3n) is 3.18. The average Bonchev–Trinajstić information content (AvgIpc) is 2.35. The molecule has 0 radical (unpaired) electrons. The predicted octanol–water partition coefficient (Wildman–Crippen LogP) is 1.48. The van der Waals surface area contributed by atoms with Gasteiger partial charge in [0.25, 0.3) is 5.91 Å². The fraction of sp³-hybridized carbons (Fsp3) is 0.429. The minimum Gasteiger partial charge on any atom is -0.479 e. The zero-order valence-electron chi connectivity index (χ0n) is 11.5. The van der Waals surface area contributed by atoms with Crippen LogP contribution in [0.15, 0.2) is 30.3 Å². The zero-order valence-corrected chi connectivity index (χ0v) is 11.5. The van der Waals surface area contributed by atoms with Crippen molar-refractivity contribution in [1.82, 2.24) is 0 Å². The van der Waals surface area contributed by atoms with Gasteiger partial charge < -0.3 is 15.7 Å². The largest absolute Gasteiger partial charge is 0.479 e. The number of carbonyl (C=O) groups excluding carboxylic acids is 1. The maximum atomic E-state index is 11.8. The van der Waals surface area contributed by atoms with E-state index in [1.807, 2.05) is 19.9 Å². The highest BCUT2D eigenvalue weighted by Crippen LogP contribution is 2.28. The number of amides is 1. The topological polar surface area (TPSA) is 83.6 Å². The lowest BCUT2D eigenvalue weighted by molar-refractivity contribution is -0.148. The molecule has 1 aromatic carbocycles. The smallest absolute Gasteiger partial charge is 0.339 e. The average molecular weight is 264 g/mol. The number of rotatable bonds is 6. The van der Waals surface area contributed by atoms with Gasteiger partial charge >= 0.3 is 5.97 Å². The molecule has 1 aromatic rings. The highest BCUT2D eigenvalue weighted by molar-refractivity contribution is 6.09. The zero-order chi connectivity index (χ0) is 14.6. The minimum absolute atomic E-state index is 0.0229. The summed E-state index contributed by atoms with van der Waals surface area (Å²) in [6, 6.07) is 8.90. The first kappa shape index (κ1) is 15.0. The summed E-state index contributed by atoms with van der Waals surface area (Å²) in [4.78, 5) is 24.9. The first-order valence-electron chi connectivity index (χ1n) is 6.14. The SMILES string of the molecule is CC(C)CC(C(N)=O)(C(=O)O)N(C)c1ccccc1. The van der Waals surface area contributed by atoms with E-state index in [9.17, 15) is 14.7 Å². The number of nitrogens with zero attached hydrogens (tertiary/aromatic N) is 1. The molecule has 0 aliphatic carbocycles. The molecule has 0 saturated heterocycles. The van der Waals surface area contributed by atoms with E-state index in [0.717, 1.165) is 0 Å². The second kappa shape index (κ2) is 5.73. The van der Waals surface area contributed by atoms with Crippen molar-refractivity contribution in [3.8, 4) is 0 Å². The number of para-hydroxylation sites is 1. The molecule has 0 bridgehead atoms. The van der Waals surface area contributed by atoms with Crippen LogP contribution in [0.1, 0.15) is 20.3 Å². The third-order valence-corrected chi connectivity index (χ3v) is 3.18. The van der Waals surface area contributed by atoms with Crippen LogP contribution in [0, 0.1) is 5.92 Å². The van der Waals surface area contributed by atoms with Gasteiger partial charge in [-0.05, 0) is 24.5 Å². The van der Waals surface area contributed by atoms with Crippen molar-refractivity contribution in [1.29, 1.82) is 0 Å². The number of nitrogens with two attached hydrogens (primary N) is 1. The van der Waals surface area contributed by atoms with Gasteiger partial charge in [0.1, 0.15) is 0 Å². The molecule has 0 aliphatic rings. The molecule has 3 N–H and O–H groups in total. The van der Waals surface area contributed by atoms with Gasteiger partial charge in [-0.25, -0.2) is 4.79 Å². The van der Waals surface area contributed by atoms with Crippen LogP contribution >= 0.6 is 0 Å². The molecule has 0 fully saturated rings. The lowest BCUT2D eigenvalue weighted by Gasteiger charge is -2.38. The van der Waals surface area contributed by atoms with Gasteiger partial charge in [0.15, 0.2) is 0 Å². The Morgan fingerprint density at radius 3 is 2.21 bits per heavy atom. The Hall–Kier alpha value is -2.04. The van der Waals surface area contributed by atoms with Crippen LogP contribution in [0.2, 0.25) is 0 Å². The van der Waals surface area contributed by atoms with Gasteiger partial charge in [-0.1, -0.05) is 32.0 Å². The van der Waals surface area contributed by atoms with E-state index in [4.69, 9.17) is 5.73 Å². The monoisotopic (exact) mass is 264 g/mol. The van der Waals surface area contributed by atoms with Crippen LogP contribution in [-0.2, 0) is 9.59 Å². The molecule has 1 rings (SSSR count). The Morgan fingerprint density at radius 1 is 1.32 bits per heavy atom. The number of carboxylic acids is 1. The van der Waals surface area contributed by atoms with Crippen molar-refractivity contribution >= 4 is 17.6 Å². The van der Waals surface area contributed by atoms with Crippen LogP contribution in [0.3, 0.4) is 0 Å². The van der Waals surface area contributed by atoms with Crippen molar-refractivity contribution in [3.05, 3.63) is 30.3 Å². The minimum atomic E-state index is -1.73. The van der Waals surface area contributed by atoms with Gasteiger partial charge in [0, 0.05) is 12.7 Å². The fourth-order valence-corrected chi connectivity index (χ4v) is 2.20. The lowest BCUT2D eigenvalue weighted by atomic mass is 9.86. The molecular formula is C14H20N2O3. The fourth-order valence-electron chi connectivity index (χ4n) is 2.20. The summed E-state index contributed by atoms with van der Waals surface area (Å²) in [5, 5.41) is 9.53. The molecule has 5 nitrogen and oxygen atoms in total. The summed E-state index contributed by atoms with van der Waals surface area (Å²) in [5.41, 5.74) is 4.31. The van der Waals surface area contributed by atoms with Crippen molar-refractivity contribution in [2.75, 3.05) is 11.9 Å². The van der Waals surface area contributed by atoms with Crippen LogP contribution < -0.4 is 10.6 Å². The standard InChI is InChI=1S/C14H20N2O3/c1-10(2)9-14(12(15)17,13(18)19)16(3)11-7-5-4-6-8-11/h4-8,10H,9H2,1-3H3,(H2,15,17)(H,18,19). The molecule has 104 valence electrons. The summed E-state index contributed by atoms with van der Waals surface area (Å²) in [6.45, 7) is 3.72. The molecule has 1 atom stereocenters. The molecule has 0 heterocycles. The van der Waals surface area contributed by atoms with Gasteiger partial charge in [0.05, 0.1) is 0 Å². The van der Waals surface area contributed by atoms with Gasteiger partial charge in [-0.3, -0.25) is 4.79 Å². The number of hydrogen-bond acceptors (Lipinski definition) is 3. The highest BCUT2D eigenvalue weighted by Gasteiger charge is 2.49. The number of aliphatic carboxylic acids is 1. The van der Waals surface area contributed by atoms with E-state index in [-0.39, 0.29) is 12.3 Å². The number of benzene rings is 1. The van der Waals surface area contributed by atoms with Crippen LogP contribution in [0.25, 0.3) is 0 Å². The molecule has 1 amide bonds. The Morgan fingerprint density at radius 2 is 1.84 bits per heavy atom. The molecule has 0 aliphatic heterocycles. The van der Waals surface area contributed by atoms with E-state index in [1.165, 1.54) is 4.90 Å². The van der Waals surface area contributed by atoms with E-state index >= 15 is 0 Å².